The van der Waals surface area contributed by atoms with Gasteiger partial charge in [0.05, 0.1) is 12.3 Å². The van der Waals surface area contributed by atoms with Gasteiger partial charge in [-0.1, -0.05) is 12.2 Å². The number of carbonyl (C=O) groups is 1. The highest BCUT2D eigenvalue weighted by Gasteiger charge is 2.24. The molecule has 0 N–H and O–H groups in total. The van der Waals surface area contributed by atoms with E-state index in [0.717, 1.165) is 70.1 Å². The lowest BCUT2D eigenvalue weighted by atomic mass is 10.1. The first kappa shape index (κ1) is 16.5. The van der Waals surface area contributed by atoms with E-state index in [-0.39, 0.29) is 5.91 Å². The van der Waals surface area contributed by atoms with Gasteiger partial charge in [-0.05, 0) is 12.8 Å². The summed E-state index contributed by atoms with van der Waals surface area (Å²) in [5.41, 5.74) is 2.31. The fraction of sp³-hybridized carbons (Fsp3) is 0.611. The SMILES string of the molecule is O=C(CCN1CCCO1)N1CCc2ncnc(N3CC=CC3)c2CC1. The van der Waals surface area contributed by atoms with Gasteiger partial charge in [-0.3, -0.25) is 9.63 Å². The van der Waals surface area contributed by atoms with Gasteiger partial charge in [0.15, 0.2) is 0 Å². The third-order valence-corrected chi connectivity index (χ3v) is 5.13. The highest BCUT2D eigenvalue weighted by atomic mass is 16.7. The number of carbonyl (C=O) groups excluding carboxylic acids is 1. The van der Waals surface area contributed by atoms with Crippen molar-refractivity contribution in [1.29, 1.82) is 0 Å². The Balaban J connectivity index is 1.39. The normalized spacial score (nSPS) is 20.8. The molecule has 1 saturated heterocycles. The average molecular weight is 343 g/mol. The van der Waals surface area contributed by atoms with Gasteiger partial charge in [-0.2, -0.15) is 5.06 Å². The van der Waals surface area contributed by atoms with Gasteiger partial charge < -0.3 is 9.80 Å². The molecule has 25 heavy (non-hydrogen) atoms. The summed E-state index contributed by atoms with van der Waals surface area (Å²) in [6.45, 7) is 5.69. The van der Waals surface area contributed by atoms with Gasteiger partial charge in [-0.25, -0.2) is 9.97 Å². The Hall–Kier alpha value is -1.99. The minimum absolute atomic E-state index is 0.209. The Morgan fingerprint density at radius 1 is 1.12 bits per heavy atom. The van der Waals surface area contributed by atoms with Crippen LogP contribution >= 0.6 is 0 Å². The van der Waals surface area contributed by atoms with Gasteiger partial charge in [0.1, 0.15) is 12.1 Å². The van der Waals surface area contributed by atoms with Crippen LogP contribution in [0.15, 0.2) is 18.5 Å². The summed E-state index contributed by atoms with van der Waals surface area (Å²) in [4.78, 5) is 31.3. The fourth-order valence-electron chi connectivity index (χ4n) is 3.74. The van der Waals surface area contributed by atoms with Gasteiger partial charge >= 0.3 is 0 Å². The molecule has 0 atom stereocenters. The van der Waals surface area contributed by atoms with Crippen LogP contribution in [0.4, 0.5) is 5.82 Å². The Bertz CT molecular complexity index is 649. The molecule has 0 saturated carbocycles. The number of hydroxylamine groups is 2. The van der Waals surface area contributed by atoms with Gasteiger partial charge in [0, 0.05) is 57.7 Å². The number of hydrogen-bond donors (Lipinski definition) is 0. The maximum absolute atomic E-state index is 12.6. The molecule has 0 unspecified atom stereocenters. The lowest BCUT2D eigenvalue weighted by molar-refractivity contribution is -0.138. The molecule has 4 heterocycles. The van der Waals surface area contributed by atoms with E-state index in [1.54, 1.807) is 6.33 Å². The maximum Gasteiger partial charge on any atom is 0.223 e. The van der Waals surface area contributed by atoms with E-state index < -0.39 is 0 Å². The highest BCUT2D eigenvalue weighted by Crippen LogP contribution is 2.25. The Morgan fingerprint density at radius 2 is 1.96 bits per heavy atom. The number of nitrogens with zero attached hydrogens (tertiary/aromatic N) is 5. The second kappa shape index (κ2) is 7.49. The van der Waals surface area contributed by atoms with Crippen LogP contribution in [0.1, 0.15) is 24.1 Å². The standard InChI is InChI=1S/C18H25N5O2/c24-17(6-12-23-9-3-13-25-23)21-10-4-15-16(5-11-21)19-14-20-18(15)22-7-1-2-8-22/h1-2,14H,3-13H2. The van der Waals surface area contributed by atoms with E-state index >= 15 is 0 Å². The van der Waals surface area contributed by atoms with Crippen molar-refractivity contribution in [3.8, 4) is 0 Å². The molecule has 0 aliphatic carbocycles. The molecule has 1 aromatic heterocycles. The van der Waals surface area contributed by atoms with Gasteiger partial charge in [-0.15, -0.1) is 0 Å². The summed E-state index contributed by atoms with van der Waals surface area (Å²) < 4.78 is 0. The lowest BCUT2D eigenvalue weighted by Gasteiger charge is -2.22. The molecule has 1 fully saturated rings. The molecule has 7 heteroatoms. The zero-order chi connectivity index (χ0) is 17.1. The molecule has 0 aromatic carbocycles. The van der Waals surface area contributed by atoms with Crippen molar-refractivity contribution in [3.05, 3.63) is 29.7 Å². The van der Waals surface area contributed by atoms with Gasteiger partial charge in [0.25, 0.3) is 0 Å². The second-order valence-corrected chi connectivity index (χ2v) is 6.75. The zero-order valence-corrected chi connectivity index (χ0v) is 14.6. The molecule has 7 nitrogen and oxygen atoms in total. The molecule has 1 aromatic rings. The Labute approximate surface area is 148 Å². The molecule has 1 amide bonds. The average Bonchev–Trinajstić information content (AvgIpc) is 3.30. The topological polar surface area (TPSA) is 61.8 Å². The van der Waals surface area contributed by atoms with Crippen molar-refractivity contribution < 1.29 is 9.63 Å². The Morgan fingerprint density at radius 3 is 2.76 bits per heavy atom. The van der Waals surface area contributed by atoms with E-state index in [1.165, 1.54) is 5.56 Å². The van der Waals surface area contributed by atoms with Gasteiger partial charge in [0.2, 0.25) is 5.91 Å². The maximum atomic E-state index is 12.6. The van der Waals surface area contributed by atoms with Crippen LogP contribution in [0, 0.1) is 0 Å². The number of anilines is 1. The minimum atomic E-state index is 0.209. The Kier molecular flexibility index (Phi) is 4.94. The fourth-order valence-corrected chi connectivity index (χ4v) is 3.74. The summed E-state index contributed by atoms with van der Waals surface area (Å²) in [7, 11) is 0. The van der Waals surface area contributed by atoms with Crippen molar-refractivity contribution in [1.82, 2.24) is 19.9 Å². The van der Waals surface area contributed by atoms with Crippen LogP contribution in [0.5, 0.6) is 0 Å². The predicted molar refractivity (Wildman–Crippen MR) is 94.1 cm³/mol. The molecule has 0 spiro atoms. The van der Waals surface area contributed by atoms with Crippen LogP contribution in [-0.4, -0.2) is 71.7 Å². The molecule has 3 aliphatic heterocycles. The number of amides is 1. The summed E-state index contributed by atoms with van der Waals surface area (Å²) >= 11 is 0. The van der Waals surface area contributed by atoms with E-state index in [9.17, 15) is 4.79 Å². The van der Waals surface area contributed by atoms with Crippen molar-refractivity contribution in [2.45, 2.75) is 25.7 Å². The minimum Gasteiger partial charge on any atom is -0.349 e. The van der Waals surface area contributed by atoms with Crippen molar-refractivity contribution in [2.24, 2.45) is 0 Å². The lowest BCUT2D eigenvalue weighted by Crippen LogP contribution is -2.35. The molecule has 4 rings (SSSR count). The molecule has 134 valence electrons. The highest BCUT2D eigenvalue weighted by molar-refractivity contribution is 5.76. The number of aromatic nitrogens is 2. The molecular weight excluding hydrogens is 318 g/mol. The first-order valence-corrected chi connectivity index (χ1v) is 9.19. The quantitative estimate of drug-likeness (QED) is 0.754. The van der Waals surface area contributed by atoms with Crippen molar-refractivity contribution in [2.75, 3.05) is 50.8 Å². The third kappa shape index (κ3) is 3.67. The summed E-state index contributed by atoms with van der Waals surface area (Å²) in [6.07, 6.45) is 9.20. The van der Waals surface area contributed by atoms with Crippen molar-refractivity contribution >= 4 is 11.7 Å². The van der Waals surface area contributed by atoms with Crippen LogP contribution in [-0.2, 0) is 22.5 Å². The molecule has 3 aliphatic rings. The number of fused-ring (bicyclic) bond motifs is 1. The number of hydrogen-bond acceptors (Lipinski definition) is 6. The van der Waals surface area contributed by atoms with Crippen molar-refractivity contribution in [3.63, 3.8) is 0 Å². The number of rotatable bonds is 4. The molecule has 0 radical (unpaired) electrons. The summed E-state index contributed by atoms with van der Waals surface area (Å²) in [5.74, 6) is 1.25. The third-order valence-electron chi connectivity index (χ3n) is 5.13. The monoisotopic (exact) mass is 343 g/mol. The smallest absolute Gasteiger partial charge is 0.223 e. The van der Waals surface area contributed by atoms with E-state index in [0.29, 0.717) is 13.0 Å². The van der Waals surface area contributed by atoms with Crippen LogP contribution < -0.4 is 4.90 Å². The van der Waals surface area contributed by atoms with E-state index in [1.807, 2.05) is 9.96 Å². The molecule has 0 bridgehead atoms. The predicted octanol–water partition coefficient (Wildman–Crippen LogP) is 0.807. The zero-order valence-electron chi connectivity index (χ0n) is 14.6. The van der Waals surface area contributed by atoms with Crippen LogP contribution in [0.2, 0.25) is 0 Å². The van der Waals surface area contributed by atoms with Crippen LogP contribution in [0.25, 0.3) is 0 Å². The summed E-state index contributed by atoms with van der Waals surface area (Å²) in [6, 6.07) is 0. The molecular formula is C18H25N5O2. The van der Waals surface area contributed by atoms with E-state index in [4.69, 9.17) is 4.84 Å². The first-order chi connectivity index (χ1) is 12.3. The largest absolute Gasteiger partial charge is 0.349 e. The van der Waals surface area contributed by atoms with E-state index in [2.05, 4.69) is 27.0 Å². The second-order valence-electron chi connectivity index (χ2n) is 6.75. The van der Waals surface area contributed by atoms with Crippen LogP contribution in [0.3, 0.4) is 0 Å². The summed E-state index contributed by atoms with van der Waals surface area (Å²) in [5, 5.41) is 1.91. The first-order valence-electron chi connectivity index (χ1n) is 9.19.